The van der Waals surface area contributed by atoms with Crippen LogP contribution in [0.1, 0.15) is 29.8 Å². The molecule has 5 rings (SSSR count). The monoisotopic (exact) mass is 587 g/mol. The number of para-hydroxylation sites is 2. The second kappa shape index (κ2) is 12.4. The number of aromatic nitrogens is 2. The van der Waals surface area contributed by atoms with Crippen LogP contribution in [0.4, 0.5) is 5.82 Å². The highest BCUT2D eigenvalue weighted by Crippen LogP contribution is 2.51. The second-order valence-electron chi connectivity index (χ2n) is 10.2. The van der Waals surface area contributed by atoms with Crippen molar-refractivity contribution in [3.05, 3.63) is 118 Å². The molecule has 0 bridgehead atoms. The first-order valence-electron chi connectivity index (χ1n) is 13.6. The third-order valence-corrected chi connectivity index (χ3v) is 7.73. The lowest BCUT2D eigenvalue weighted by molar-refractivity contribution is -0.114. The van der Waals surface area contributed by atoms with Gasteiger partial charge in [0.05, 0.1) is 19.6 Å². The molecule has 43 heavy (non-hydrogen) atoms. The number of hydrogen-bond acceptors (Lipinski definition) is 9. The summed E-state index contributed by atoms with van der Waals surface area (Å²) in [7, 11) is 3.04. The van der Waals surface area contributed by atoms with Crippen LogP contribution in [0.5, 0.6) is 11.5 Å². The van der Waals surface area contributed by atoms with Crippen LogP contribution in [0.25, 0.3) is 0 Å². The molecule has 4 aromatic rings. The molecule has 3 aromatic carbocycles. The molecule has 0 radical (unpaired) electrons. The topological polar surface area (TPSA) is 152 Å². The van der Waals surface area contributed by atoms with Crippen molar-refractivity contribution in [2.24, 2.45) is 0 Å². The van der Waals surface area contributed by atoms with Crippen LogP contribution in [-0.4, -0.2) is 69.4 Å². The fourth-order valence-electron chi connectivity index (χ4n) is 5.87. The number of nitrogens with one attached hydrogen (secondary N) is 1. The molecular formula is C32H33N3O8. The quantitative estimate of drug-likeness (QED) is 0.216. The van der Waals surface area contributed by atoms with Crippen molar-refractivity contribution in [3.8, 4) is 11.5 Å². The summed E-state index contributed by atoms with van der Waals surface area (Å²) in [6, 6.07) is 24.9. The Hall–Kier alpha value is -4.55. The summed E-state index contributed by atoms with van der Waals surface area (Å²) < 4.78 is 18.7. The van der Waals surface area contributed by atoms with E-state index in [0.29, 0.717) is 28.2 Å². The van der Waals surface area contributed by atoms with Crippen molar-refractivity contribution in [1.29, 1.82) is 0 Å². The fourth-order valence-corrected chi connectivity index (χ4v) is 5.87. The van der Waals surface area contributed by atoms with E-state index >= 15 is 0 Å². The maximum atomic E-state index is 12.9. The molecular weight excluding hydrogens is 554 g/mol. The van der Waals surface area contributed by atoms with Gasteiger partial charge in [0.25, 0.3) is 0 Å². The van der Waals surface area contributed by atoms with Crippen LogP contribution in [0, 0.1) is 0 Å². The standard InChI is InChI=1S/C32H33N3O8/c1-19(36)33-25-17-18-35(31(40)34-25)30-27(38)26(37)28(43-30)29(39)32(20-11-5-4-6-12-20,21-13-7-9-15-23(21)41-2)22-14-8-10-16-24(22)42-3/h4-18,26-30,37-39H,1-3H3,(H,33,34,36,40)/t26-,27+,28-,29?,30+/m0/s1. The summed E-state index contributed by atoms with van der Waals surface area (Å²) in [5.74, 6) is 0.517. The zero-order valence-electron chi connectivity index (χ0n) is 23.8. The third-order valence-electron chi connectivity index (χ3n) is 7.73. The van der Waals surface area contributed by atoms with E-state index in [4.69, 9.17) is 14.2 Å². The van der Waals surface area contributed by atoms with Gasteiger partial charge in [-0.05, 0) is 23.8 Å². The van der Waals surface area contributed by atoms with Crippen molar-refractivity contribution in [2.75, 3.05) is 19.5 Å². The van der Waals surface area contributed by atoms with Crippen molar-refractivity contribution < 1.29 is 34.3 Å². The second-order valence-corrected chi connectivity index (χ2v) is 10.2. The molecule has 1 amide bonds. The Labute approximate surface area is 247 Å². The maximum absolute atomic E-state index is 12.9. The van der Waals surface area contributed by atoms with Gasteiger partial charge in [0.2, 0.25) is 5.91 Å². The molecule has 0 spiro atoms. The van der Waals surface area contributed by atoms with E-state index in [2.05, 4.69) is 10.3 Å². The lowest BCUT2D eigenvalue weighted by Gasteiger charge is -2.43. The molecule has 1 saturated heterocycles. The lowest BCUT2D eigenvalue weighted by Crippen LogP contribution is -2.52. The van der Waals surface area contributed by atoms with Crippen LogP contribution >= 0.6 is 0 Å². The Morgan fingerprint density at radius 2 is 1.47 bits per heavy atom. The Kier molecular flexibility index (Phi) is 8.60. The minimum atomic E-state index is -1.63. The van der Waals surface area contributed by atoms with E-state index in [1.54, 1.807) is 24.3 Å². The Bertz CT molecular complexity index is 1600. The first kappa shape index (κ1) is 29.9. The van der Waals surface area contributed by atoms with Gasteiger partial charge >= 0.3 is 5.69 Å². The summed E-state index contributed by atoms with van der Waals surface area (Å²) in [4.78, 5) is 28.1. The highest BCUT2D eigenvalue weighted by Gasteiger charge is 2.56. The number of benzene rings is 3. The number of aliphatic hydroxyl groups excluding tert-OH is 3. The van der Waals surface area contributed by atoms with Gasteiger partial charge in [0, 0.05) is 24.2 Å². The van der Waals surface area contributed by atoms with Gasteiger partial charge in [0.15, 0.2) is 6.23 Å². The highest BCUT2D eigenvalue weighted by atomic mass is 16.6. The van der Waals surface area contributed by atoms with Crippen LogP contribution < -0.4 is 20.5 Å². The van der Waals surface area contributed by atoms with Gasteiger partial charge in [-0.3, -0.25) is 9.36 Å². The molecule has 11 nitrogen and oxygen atoms in total. The number of hydrogen-bond donors (Lipinski definition) is 4. The molecule has 2 heterocycles. The van der Waals surface area contributed by atoms with Gasteiger partial charge < -0.3 is 34.8 Å². The summed E-state index contributed by atoms with van der Waals surface area (Å²) in [5, 5.41) is 37.5. The van der Waals surface area contributed by atoms with Gasteiger partial charge in [-0.15, -0.1) is 0 Å². The molecule has 224 valence electrons. The molecule has 11 heteroatoms. The van der Waals surface area contributed by atoms with E-state index in [1.165, 1.54) is 33.4 Å². The third kappa shape index (κ3) is 5.28. The molecule has 1 unspecified atom stereocenters. The first-order chi connectivity index (χ1) is 20.7. The minimum absolute atomic E-state index is 0.0220. The number of amides is 1. The molecule has 1 fully saturated rings. The van der Waals surface area contributed by atoms with Crippen LogP contribution in [-0.2, 0) is 14.9 Å². The zero-order valence-corrected chi connectivity index (χ0v) is 23.8. The molecule has 5 atom stereocenters. The average Bonchev–Trinajstić information content (AvgIpc) is 3.31. The normalized spacial score (nSPS) is 20.8. The number of carbonyl (C=O) groups is 1. The number of carbonyl (C=O) groups excluding carboxylic acids is 1. The van der Waals surface area contributed by atoms with Crippen LogP contribution in [0.2, 0.25) is 0 Å². The Balaban J connectivity index is 1.70. The molecule has 0 saturated carbocycles. The van der Waals surface area contributed by atoms with Crippen LogP contribution in [0.15, 0.2) is 95.9 Å². The molecule has 0 aliphatic carbocycles. The number of ether oxygens (including phenoxy) is 3. The number of aliphatic hydroxyl groups is 3. The SMILES string of the molecule is COc1ccccc1C(c1ccccc1)(c1ccccc1OC)C(O)[C@H]1O[C@@H](n2ccc(NC(C)=O)nc2=O)[C@H](O)[C@@H]1O. The number of nitrogens with zero attached hydrogens (tertiary/aromatic N) is 2. The summed E-state index contributed by atoms with van der Waals surface area (Å²) >= 11 is 0. The van der Waals surface area contributed by atoms with E-state index in [-0.39, 0.29) is 5.82 Å². The van der Waals surface area contributed by atoms with Crippen LogP contribution in [0.3, 0.4) is 0 Å². The average molecular weight is 588 g/mol. The van der Waals surface area contributed by atoms with E-state index in [1.807, 2.05) is 54.6 Å². The smallest absolute Gasteiger partial charge is 0.351 e. The Morgan fingerprint density at radius 3 is 2.00 bits per heavy atom. The lowest BCUT2D eigenvalue weighted by atomic mass is 9.63. The van der Waals surface area contributed by atoms with Gasteiger partial charge in [-0.1, -0.05) is 66.7 Å². The predicted octanol–water partition coefficient (Wildman–Crippen LogP) is 2.23. The molecule has 1 aromatic heterocycles. The highest BCUT2D eigenvalue weighted by molar-refractivity contribution is 5.87. The van der Waals surface area contributed by atoms with E-state index in [0.717, 1.165) is 4.57 Å². The van der Waals surface area contributed by atoms with Crippen molar-refractivity contribution in [3.63, 3.8) is 0 Å². The van der Waals surface area contributed by atoms with E-state index < -0.39 is 47.7 Å². The first-order valence-corrected chi connectivity index (χ1v) is 13.6. The Morgan fingerprint density at radius 1 is 0.907 bits per heavy atom. The van der Waals surface area contributed by atoms with Gasteiger partial charge in [0.1, 0.15) is 41.7 Å². The summed E-state index contributed by atoms with van der Waals surface area (Å²) in [5.41, 5.74) is -0.579. The summed E-state index contributed by atoms with van der Waals surface area (Å²) in [6.45, 7) is 1.28. The zero-order chi connectivity index (χ0) is 30.7. The number of rotatable bonds is 9. The van der Waals surface area contributed by atoms with Crippen molar-refractivity contribution >= 4 is 11.7 Å². The fraction of sp³-hybridized carbons (Fsp3) is 0.281. The molecule has 1 aliphatic rings. The minimum Gasteiger partial charge on any atom is -0.496 e. The maximum Gasteiger partial charge on any atom is 0.351 e. The number of anilines is 1. The molecule has 1 aliphatic heterocycles. The predicted molar refractivity (Wildman–Crippen MR) is 157 cm³/mol. The van der Waals surface area contributed by atoms with Gasteiger partial charge in [-0.2, -0.15) is 4.98 Å². The van der Waals surface area contributed by atoms with Crippen molar-refractivity contribution in [2.45, 2.75) is 43.0 Å². The summed E-state index contributed by atoms with van der Waals surface area (Å²) in [6.07, 6.45) is -6.34. The van der Waals surface area contributed by atoms with Gasteiger partial charge in [-0.25, -0.2) is 4.79 Å². The largest absolute Gasteiger partial charge is 0.496 e. The van der Waals surface area contributed by atoms with Crippen molar-refractivity contribution in [1.82, 2.24) is 9.55 Å². The van der Waals surface area contributed by atoms with E-state index in [9.17, 15) is 24.9 Å². The number of methoxy groups -OCH3 is 2. The molecule has 4 N–H and O–H groups in total.